The molecule has 2 heterocycles. The highest BCUT2D eigenvalue weighted by atomic mass is 16.2. The zero-order chi connectivity index (χ0) is 19.7. The largest absolute Gasteiger partial charge is 0.378 e. The number of aryl methyl sites for hydroxylation is 2. The maximum Gasteiger partial charge on any atom is 0.267 e. The van der Waals surface area contributed by atoms with Crippen LogP contribution in [0.15, 0.2) is 35.1 Å². The summed E-state index contributed by atoms with van der Waals surface area (Å²) in [6.45, 7) is 2.13. The molecule has 0 spiro atoms. The molecule has 148 valence electrons. The first-order valence-corrected chi connectivity index (χ1v) is 10.2. The zero-order valence-corrected chi connectivity index (χ0v) is 16.7. The van der Waals surface area contributed by atoms with Crippen molar-refractivity contribution < 1.29 is 4.79 Å². The zero-order valence-electron chi connectivity index (χ0n) is 16.7. The Balaban J connectivity index is 1.36. The Kier molecular flexibility index (Phi) is 5.20. The number of carbonyl (C=O) groups excluding carboxylic acids is 1. The summed E-state index contributed by atoms with van der Waals surface area (Å²) in [6.07, 6.45) is 4.88. The van der Waals surface area contributed by atoms with Crippen molar-refractivity contribution in [3.8, 4) is 0 Å². The van der Waals surface area contributed by atoms with Gasteiger partial charge in [-0.2, -0.15) is 5.10 Å². The van der Waals surface area contributed by atoms with Crippen LogP contribution in [0.1, 0.15) is 40.9 Å². The summed E-state index contributed by atoms with van der Waals surface area (Å²) in [7, 11) is 3.98. The van der Waals surface area contributed by atoms with Gasteiger partial charge in [0.1, 0.15) is 0 Å². The van der Waals surface area contributed by atoms with Crippen LogP contribution in [-0.2, 0) is 19.4 Å². The lowest BCUT2D eigenvalue weighted by atomic mass is 9.96. The fourth-order valence-corrected chi connectivity index (χ4v) is 4.22. The van der Waals surface area contributed by atoms with Crippen LogP contribution in [0.4, 0.5) is 5.69 Å². The van der Waals surface area contributed by atoms with Gasteiger partial charge in [0.05, 0.1) is 5.69 Å². The number of piperidine rings is 1. The Hall–Kier alpha value is -2.63. The predicted octanol–water partition coefficient (Wildman–Crippen LogP) is 2.35. The lowest BCUT2D eigenvalue weighted by Gasteiger charge is -2.32. The van der Waals surface area contributed by atoms with E-state index < -0.39 is 0 Å². The molecule has 0 bridgehead atoms. The van der Waals surface area contributed by atoms with Crippen LogP contribution in [0, 0.1) is 5.92 Å². The van der Waals surface area contributed by atoms with Crippen LogP contribution in [0.25, 0.3) is 0 Å². The molecule has 28 heavy (non-hydrogen) atoms. The van der Waals surface area contributed by atoms with Gasteiger partial charge in [-0.05, 0) is 67.9 Å². The van der Waals surface area contributed by atoms with Crippen LogP contribution in [-0.4, -0.2) is 47.8 Å². The average molecular weight is 380 g/mol. The number of amides is 1. The molecule has 0 atom stereocenters. The molecule has 1 aliphatic heterocycles. The topological polar surface area (TPSA) is 58.4 Å². The molecule has 2 aromatic rings. The van der Waals surface area contributed by atoms with E-state index in [2.05, 4.69) is 5.10 Å². The predicted molar refractivity (Wildman–Crippen MR) is 110 cm³/mol. The van der Waals surface area contributed by atoms with Gasteiger partial charge >= 0.3 is 0 Å². The Morgan fingerprint density at radius 3 is 2.54 bits per heavy atom. The average Bonchev–Trinajstić information content (AvgIpc) is 3.15. The second-order valence-electron chi connectivity index (χ2n) is 8.17. The summed E-state index contributed by atoms with van der Waals surface area (Å²) in [5.41, 5.74) is 4.05. The molecule has 0 saturated carbocycles. The first-order valence-electron chi connectivity index (χ1n) is 10.2. The standard InChI is InChI=1S/C22H28N4O2/c1-24(2)19-8-6-17(7-9-19)22(28)25-12-10-16(11-13-25)15-26-21(27)14-18-4-3-5-20(18)23-26/h6-9,14,16H,3-5,10-13,15H2,1-2H3. The van der Waals surface area contributed by atoms with Crippen LogP contribution in [0.3, 0.4) is 0 Å². The third-order valence-corrected chi connectivity index (χ3v) is 5.99. The summed E-state index contributed by atoms with van der Waals surface area (Å²) in [5.74, 6) is 0.487. The third kappa shape index (κ3) is 3.81. The number of benzene rings is 1. The van der Waals surface area contributed by atoms with E-state index in [1.807, 2.05) is 48.2 Å². The fourth-order valence-electron chi connectivity index (χ4n) is 4.22. The van der Waals surface area contributed by atoms with Crippen LogP contribution < -0.4 is 10.5 Å². The van der Waals surface area contributed by atoms with Gasteiger partial charge in [0.15, 0.2) is 0 Å². The molecule has 4 rings (SSSR count). The first kappa shape index (κ1) is 18.7. The molecule has 6 heteroatoms. The van der Waals surface area contributed by atoms with Gasteiger partial charge in [0.25, 0.3) is 11.5 Å². The number of hydrogen-bond acceptors (Lipinski definition) is 4. The van der Waals surface area contributed by atoms with Crippen molar-refractivity contribution in [3.05, 3.63) is 57.5 Å². The van der Waals surface area contributed by atoms with Gasteiger partial charge < -0.3 is 9.80 Å². The van der Waals surface area contributed by atoms with Crippen LogP contribution in [0.5, 0.6) is 0 Å². The minimum absolute atomic E-state index is 0.0140. The Labute approximate surface area is 165 Å². The van der Waals surface area contributed by atoms with Crippen molar-refractivity contribution in [2.75, 3.05) is 32.1 Å². The molecule has 0 N–H and O–H groups in total. The summed E-state index contributed by atoms with van der Waals surface area (Å²) in [5, 5.41) is 4.59. The quantitative estimate of drug-likeness (QED) is 0.817. The van der Waals surface area contributed by atoms with Crippen molar-refractivity contribution in [2.24, 2.45) is 5.92 Å². The minimum Gasteiger partial charge on any atom is -0.378 e. The van der Waals surface area contributed by atoms with Crippen LogP contribution in [0.2, 0.25) is 0 Å². The number of hydrogen-bond donors (Lipinski definition) is 0. The van der Waals surface area contributed by atoms with Crippen molar-refractivity contribution in [3.63, 3.8) is 0 Å². The van der Waals surface area contributed by atoms with E-state index in [4.69, 9.17) is 0 Å². The Morgan fingerprint density at radius 1 is 1.14 bits per heavy atom. The smallest absolute Gasteiger partial charge is 0.267 e. The van der Waals surface area contributed by atoms with Gasteiger partial charge in [-0.15, -0.1) is 0 Å². The number of rotatable bonds is 4. The number of likely N-dealkylation sites (tertiary alicyclic amines) is 1. The highest BCUT2D eigenvalue weighted by Gasteiger charge is 2.25. The SMILES string of the molecule is CN(C)c1ccc(C(=O)N2CCC(Cn3nc4c(cc3=O)CCC4)CC2)cc1. The molecule has 0 radical (unpaired) electrons. The molecule has 2 aliphatic rings. The number of aromatic nitrogens is 2. The maximum atomic E-state index is 12.8. The summed E-state index contributed by atoms with van der Waals surface area (Å²) < 4.78 is 1.65. The second kappa shape index (κ2) is 7.78. The summed E-state index contributed by atoms with van der Waals surface area (Å²) >= 11 is 0. The lowest BCUT2D eigenvalue weighted by Crippen LogP contribution is -2.40. The number of nitrogens with zero attached hydrogens (tertiary/aromatic N) is 4. The number of carbonyl (C=O) groups is 1. The van der Waals surface area contributed by atoms with Crippen molar-refractivity contribution in [1.29, 1.82) is 0 Å². The Morgan fingerprint density at radius 2 is 1.86 bits per heavy atom. The van der Waals surface area contributed by atoms with E-state index in [1.54, 1.807) is 10.7 Å². The molecular formula is C22H28N4O2. The first-order chi connectivity index (χ1) is 13.5. The minimum atomic E-state index is 0.0140. The number of anilines is 1. The molecule has 1 aromatic heterocycles. The van der Waals surface area contributed by atoms with E-state index in [0.29, 0.717) is 12.5 Å². The maximum absolute atomic E-state index is 12.8. The van der Waals surface area contributed by atoms with E-state index in [-0.39, 0.29) is 11.5 Å². The van der Waals surface area contributed by atoms with Crippen LogP contribution >= 0.6 is 0 Å². The van der Waals surface area contributed by atoms with Gasteiger partial charge in [-0.3, -0.25) is 9.59 Å². The van der Waals surface area contributed by atoms with E-state index in [0.717, 1.165) is 67.7 Å². The van der Waals surface area contributed by atoms with Gasteiger partial charge in [-0.1, -0.05) is 0 Å². The molecule has 0 unspecified atom stereocenters. The monoisotopic (exact) mass is 380 g/mol. The second-order valence-corrected chi connectivity index (χ2v) is 8.17. The molecule has 1 saturated heterocycles. The molecule has 1 fully saturated rings. The lowest BCUT2D eigenvalue weighted by molar-refractivity contribution is 0.0680. The molecule has 1 aliphatic carbocycles. The van der Waals surface area contributed by atoms with Gasteiger partial charge in [-0.25, -0.2) is 4.68 Å². The molecule has 1 aromatic carbocycles. The van der Waals surface area contributed by atoms with Crippen molar-refractivity contribution in [1.82, 2.24) is 14.7 Å². The van der Waals surface area contributed by atoms with Crippen molar-refractivity contribution >= 4 is 11.6 Å². The van der Waals surface area contributed by atoms with Gasteiger partial charge in [0.2, 0.25) is 0 Å². The van der Waals surface area contributed by atoms with E-state index in [9.17, 15) is 9.59 Å². The summed E-state index contributed by atoms with van der Waals surface area (Å²) in [6, 6.07) is 9.53. The molecular weight excluding hydrogens is 352 g/mol. The molecule has 1 amide bonds. The van der Waals surface area contributed by atoms with Crippen molar-refractivity contribution in [2.45, 2.75) is 38.6 Å². The normalized spacial score (nSPS) is 16.9. The highest BCUT2D eigenvalue weighted by Crippen LogP contribution is 2.22. The molecule has 6 nitrogen and oxygen atoms in total. The van der Waals surface area contributed by atoms with E-state index >= 15 is 0 Å². The van der Waals surface area contributed by atoms with E-state index in [1.165, 1.54) is 0 Å². The highest BCUT2D eigenvalue weighted by molar-refractivity contribution is 5.94. The fraction of sp³-hybridized carbons (Fsp3) is 0.500. The summed E-state index contributed by atoms with van der Waals surface area (Å²) in [4.78, 5) is 29.0. The Bertz CT molecular complexity index is 909. The number of fused-ring (bicyclic) bond motifs is 1. The van der Waals surface area contributed by atoms with Gasteiger partial charge in [0, 0.05) is 51.0 Å². The third-order valence-electron chi connectivity index (χ3n) is 5.99.